The number of H-pyrrole nitrogens is 1. The molecule has 1 atom stereocenters. The number of hydrogen-bond acceptors (Lipinski definition) is 5. The van der Waals surface area contributed by atoms with E-state index in [-0.39, 0.29) is 11.2 Å². The number of anilines is 1. The first-order valence-corrected chi connectivity index (χ1v) is 10.5. The second kappa shape index (κ2) is 8.39. The number of ether oxygens (including phenoxy) is 2. The first kappa shape index (κ1) is 19.7. The van der Waals surface area contributed by atoms with Crippen LogP contribution >= 0.6 is 23.4 Å². The Labute approximate surface area is 177 Å². The Morgan fingerprint density at radius 3 is 2.76 bits per heavy atom. The molecule has 150 valence electrons. The number of amides is 1. The molecule has 1 amide bonds. The van der Waals surface area contributed by atoms with Gasteiger partial charge in [-0.25, -0.2) is 0 Å². The minimum absolute atomic E-state index is 0.0399. The van der Waals surface area contributed by atoms with Crippen LogP contribution in [-0.4, -0.2) is 29.0 Å². The summed E-state index contributed by atoms with van der Waals surface area (Å²) in [6.45, 7) is 2.37. The predicted molar refractivity (Wildman–Crippen MR) is 115 cm³/mol. The Kier molecular flexibility index (Phi) is 5.69. The summed E-state index contributed by atoms with van der Waals surface area (Å²) in [6.07, 6.45) is 0. The summed E-state index contributed by atoms with van der Waals surface area (Å²) in [6, 6.07) is 13.4. The van der Waals surface area contributed by atoms with Gasteiger partial charge in [-0.1, -0.05) is 29.8 Å². The summed E-state index contributed by atoms with van der Waals surface area (Å²) in [4.78, 5) is 12.0. The fraction of sp³-hybridized carbons (Fsp3) is 0.238. The highest BCUT2D eigenvalue weighted by Gasteiger charge is 2.28. The predicted octanol–water partition coefficient (Wildman–Crippen LogP) is 4.73. The van der Waals surface area contributed by atoms with E-state index < -0.39 is 0 Å². The fourth-order valence-electron chi connectivity index (χ4n) is 3.24. The van der Waals surface area contributed by atoms with Crippen molar-refractivity contribution in [1.82, 2.24) is 10.2 Å². The average Bonchev–Trinajstić information content (AvgIpc) is 2.98. The number of aromatic amines is 1. The number of carbonyl (C=O) groups is 1. The summed E-state index contributed by atoms with van der Waals surface area (Å²) < 4.78 is 11.5. The molecule has 6 nitrogen and oxygen atoms in total. The zero-order valence-corrected chi connectivity index (χ0v) is 17.6. The molecule has 8 heteroatoms. The van der Waals surface area contributed by atoms with E-state index in [0.29, 0.717) is 34.7 Å². The van der Waals surface area contributed by atoms with Crippen molar-refractivity contribution in [3.05, 3.63) is 69.9 Å². The zero-order chi connectivity index (χ0) is 20.4. The van der Waals surface area contributed by atoms with Crippen molar-refractivity contribution < 1.29 is 14.3 Å². The van der Waals surface area contributed by atoms with Crippen molar-refractivity contribution in [3.8, 4) is 11.5 Å². The number of fused-ring (bicyclic) bond motifs is 1. The van der Waals surface area contributed by atoms with Crippen LogP contribution in [0.1, 0.15) is 27.6 Å². The van der Waals surface area contributed by atoms with Crippen molar-refractivity contribution >= 4 is 35.1 Å². The molecule has 2 heterocycles. The molecule has 2 N–H and O–H groups in total. The van der Waals surface area contributed by atoms with Gasteiger partial charge in [0.2, 0.25) is 5.91 Å². The maximum absolute atomic E-state index is 12.0. The van der Waals surface area contributed by atoms with E-state index in [9.17, 15) is 4.79 Å². The largest absolute Gasteiger partial charge is 0.493 e. The molecule has 4 rings (SSSR count). The molecule has 2 aromatic carbocycles. The number of rotatable bonds is 5. The molecule has 0 bridgehead atoms. The highest BCUT2D eigenvalue weighted by atomic mass is 35.5. The van der Waals surface area contributed by atoms with Gasteiger partial charge >= 0.3 is 0 Å². The number of benzene rings is 2. The summed E-state index contributed by atoms with van der Waals surface area (Å²) in [7, 11) is 1.62. The number of nitrogens with one attached hydrogen (secondary N) is 2. The van der Waals surface area contributed by atoms with Gasteiger partial charge in [0.1, 0.15) is 6.61 Å². The normalized spacial score (nSPS) is 16.0. The second-order valence-electron chi connectivity index (χ2n) is 6.68. The molecule has 0 saturated heterocycles. The van der Waals surface area contributed by atoms with Gasteiger partial charge in [-0.3, -0.25) is 9.89 Å². The fourth-order valence-corrected chi connectivity index (χ4v) is 4.55. The van der Waals surface area contributed by atoms with Crippen molar-refractivity contribution in [1.29, 1.82) is 0 Å². The van der Waals surface area contributed by atoms with Gasteiger partial charge in [-0.05, 0) is 42.3 Å². The number of methoxy groups -OCH3 is 1. The van der Waals surface area contributed by atoms with Crippen LogP contribution in [0.3, 0.4) is 0 Å². The quantitative estimate of drug-likeness (QED) is 0.613. The highest BCUT2D eigenvalue weighted by Crippen LogP contribution is 2.44. The van der Waals surface area contributed by atoms with E-state index in [1.807, 2.05) is 49.4 Å². The molecular formula is C21H20ClN3O3S. The third kappa shape index (κ3) is 4.21. The van der Waals surface area contributed by atoms with Crippen molar-refractivity contribution in [2.75, 3.05) is 18.2 Å². The Bertz CT molecular complexity index is 1040. The van der Waals surface area contributed by atoms with E-state index in [1.54, 1.807) is 18.9 Å². The van der Waals surface area contributed by atoms with Crippen LogP contribution in [0.4, 0.5) is 5.82 Å². The Balaban J connectivity index is 1.60. The minimum Gasteiger partial charge on any atom is -0.493 e. The van der Waals surface area contributed by atoms with Gasteiger partial charge in [0.15, 0.2) is 17.3 Å². The van der Waals surface area contributed by atoms with Crippen LogP contribution < -0.4 is 14.8 Å². The molecular weight excluding hydrogens is 410 g/mol. The summed E-state index contributed by atoms with van der Waals surface area (Å²) >= 11 is 7.49. The second-order valence-corrected chi connectivity index (χ2v) is 8.21. The molecule has 1 aliphatic rings. The molecule has 1 aliphatic heterocycles. The molecule has 0 spiro atoms. The van der Waals surface area contributed by atoms with E-state index in [2.05, 4.69) is 15.5 Å². The molecule has 0 saturated carbocycles. The molecule has 0 fully saturated rings. The summed E-state index contributed by atoms with van der Waals surface area (Å²) in [5.74, 6) is 2.19. The molecule has 1 aromatic heterocycles. The number of thioether (sulfide) groups is 1. The number of aromatic nitrogens is 2. The SMILES string of the molecule is COc1cc(C2SCC(=O)Nc3n[nH]c(C)c32)ccc1OCc1ccc(Cl)cc1. The van der Waals surface area contributed by atoms with Gasteiger partial charge in [-0.2, -0.15) is 5.10 Å². The first-order valence-electron chi connectivity index (χ1n) is 9.06. The Morgan fingerprint density at radius 2 is 2.00 bits per heavy atom. The van der Waals surface area contributed by atoms with Crippen LogP contribution in [0.2, 0.25) is 5.02 Å². The standard InChI is InChI=1S/C21H20ClN3O3S/c1-12-19-20(29-11-18(26)23-21(19)25-24-12)14-5-8-16(17(9-14)27-2)28-10-13-3-6-15(22)7-4-13/h3-9,20H,10-11H2,1-2H3,(H2,23,24,25,26). The summed E-state index contributed by atoms with van der Waals surface area (Å²) in [5, 5.41) is 10.7. The lowest BCUT2D eigenvalue weighted by Gasteiger charge is -2.18. The smallest absolute Gasteiger partial charge is 0.235 e. The molecule has 1 unspecified atom stereocenters. The lowest BCUT2D eigenvalue weighted by Crippen LogP contribution is -2.12. The van der Waals surface area contributed by atoms with Gasteiger partial charge in [-0.15, -0.1) is 11.8 Å². The van der Waals surface area contributed by atoms with Gasteiger partial charge in [0.05, 0.1) is 18.1 Å². The lowest BCUT2D eigenvalue weighted by atomic mass is 10.0. The summed E-state index contributed by atoms with van der Waals surface area (Å²) in [5.41, 5.74) is 3.95. The molecule has 29 heavy (non-hydrogen) atoms. The van der Waals surface area contributed by atoms with Gasteiger partial charge in [0.25, 0.3) is 0 Å². The maximum Gasteiger partial charge on any atom is 0.235 e. The van der Waals surface area contributed by atoms with Crippen LogP contribution in [0.15, 0.2) is 42.5 Å². The third-order valence-corrected chi connectivity index (χ3v) is 6.22. The van der Waals surface area contributed by atoms with Crippen molar-refractivity contribution in [2.45, 2.75) is 18.8 Å². The van der Waals surface area contributed by atoms with Gasteiger partial charge < -0.3 is 14.8 Å². The van der Waals surface area contributed by atoms with Crippen LogP contribution in [0.5, 0.6) is 11.5 Å². The minimum atomic E-state index is -0.0554. The maximum atomic E-state index is 12.0. The average molecular weight is 430 g/mol. The van der Waals surface area contributed by atoms with Crippen LogP contribution in [-0.2, 0) is 11.4 Å². The zero-order valence-electron chi connectivity index (χ0n) is 16.0. The van der Waals surface area contributed by atoms with E-state index in [1.165, 1.54) is 0 Å². The monoisotopic (exact) mass is 429 g/mol. The van der Waals surface area contributed by atoms with Gasteiger partial charge in [0, 0.05) is 16.3 Å². The topological polar surface area (TPSA) is 76.2 Å². The first-order chi connectivity index (χ1) is 14.0. The molecule has 0 aliphatic carbocycles. The molecule has 0 radical (unpaired) electrons. The third-order valence-electron chi connectivity index (χ3n) is 4.69. The van der Waals surface area contributed by atoms with E-state index >= 15 is 0 Å². The van der Waals surface area contributed by atoms with Crippen LogP contribution in [0.25, 0.3) is 0 Å². The lowest BCUT2D eigenvalue weighted by molar-refractivity contribution is -0.113. The highest BCUT2D eigenvalue weighted by molar-refractivity contribution is 8.00. The Morgan fingerprint density at radius 1 is 1.21 bits per heavy atom. The number of nitrogens with zero attached hydrogens (tertiary/aromatic N) is 1. The number of carbonyl (C=O) groups excluding carboxylic acids is 1. The molecule has 3 aromatic rings. The Hall–Kier alpha value is -2.64. The van der Waals surface area contributed by atoms with Crippen molar-refractivity contribution in [2.24, 2.45) is 0 Å². The van der Waals surface area contributed by atoms with Crippen molar-refractivity contribution in [3.63, 3.8) is 0 Å². The number of halogens is 1. The van der Waals surface area contributed by atoms with Crippen LogP contribution in [0, 0.1) is 6.92 Å². The van der Waals surface area contributed by atoms with E-state index in [4.69, 9.17) is 21.1 Å². The number of aryl methyl sites for hydroxylation is 1. The van der Waals surface area contributed by atoms with E-state index in [0.717, 1.165) is 22.4 Å². The number of hydrogen-bond donors (Lipinski definition) is 2.